The van der Waals surface area contributed by atoms with E-state index in [1.807, 2.05) is 54.6 Å². The quantitative estimate of drug-likeness (QED) is 0.665. The third kappa shape index (κ3) is 2.35. The molecule has 1 aliphatic rings. The molecule has 2 heterocycles. The van der Waals surface area contributed by atoms with Crippen molar-refractivity contribution < 1.29 is 14.2 Å². The second-order valence-corrected chi connectivity index (χ2v) is 5.16. The highest BCUT2D eigenvalue weighted by molar-refractivity contribution is 6.02. The Kier molecular flexibility index (Phi) is 3.67. The number of aromatic nitrogens is 1. The van der Waals surface area contributed by atoms with E-state index in [2.05, 4.69) is 5.32 Å². The third-order valence-electron chi connectivity index (χ3n) is 3.88. The molecule has 5 nitrogen and oxygen atoms in total. The minimum atomic E-state index is -0.905. The van der Waals surface area contributed by atoms with Crippen molar-refractivity contribution in [2.75, 3.05) is 0 Å². The van der Waals surface area contributed by atoms with Gasteiger partial charge in [0.2, 0.25) is 11.9 Å². The Morgan fingerprint density at radius 3 is 2.23 bits per heavy atom. The van der Waals surface area contributed by atoms with Crippen LogP contribution < -0.4 is 9.88 Å². The van der Waals surface area contributed by atoms with Crippen molar-refractivity contribution in [3.8, 4) is 6.07 Å². The first-order valence-electron chi connectivity index (χ1n) is 6.97. The Morgan fingerprint density at radius 1 is 0.955 bits per heavy atom. The van der Waals surface area contributed by atoms with Gasteiger partial charge in [0.25, 0.3) is 5.91 Å². The summed E-state index contributed by atoms with van der Waals surface area (Å²) in [6, 6.07) is 16.1. The normalized spacial score (nSPS) is 24.4. The zero-order chi connectivity index (χ0) is 15.5. The average Bonchev–Trinajstić information content (AvgIpc) is 2.56. The Balaban J connectivity index is 2.14. The lowest BCUT2D eigenvalue weighted by atomic mass is 9.77. The van der Waals surface area contributed by atoms with Crippen molar-refractivity contribution in [3.63, 3.8) is 0 Å². The largest absolute Gasteiger partial charge is 0.296 e. The number of nitrogens with zero attached hydrogens (tertiary/aromatic N) is 2. The molecule has 22 heavy (non-hydrogen) atoms. The zero-order valence-electron chi connectivity index (χ0n) is 11.7. The zero-order valence-corrected chi connectivity index (χ0v) is 11.7. The monoisotopic (exact) mass is 292 g/mol. The summed E-state index contributed by atoms with van der Waals surface area (Å²) in [5.74, 6) is -2.34. The molecule has 0 saturated carbocycles. The summed E-state index contributed by atoms with van der Waals surface area (Å²) in [5.41, 5.74) is 0.804. The van der Waals surface area contributed by atoms with Crippen LogP contribution in [0, 0.1) is 17.2 Å². The molecule has 0 spiro atoms. The van der Waals surface area contributed by atoms with Gasteiger partial charge in [-0.1, -0.05) is 36.4 Å². The predicted molar refractivity (Wildman–Crippen MR) is 77.1 cm³/mol. The van der Waals surface area contributed by atoms with Gasteiger partial charge in [0.05, 0.1) is 12.0 Å². The van der Waals surface area contributed by atoms with Gasteiger partial charge >= 0.3 is 0 Å². The molecule has 0 aliphatic carbocycles. The van der Waals surface area contributed by atoms with Gasteiger partial charge in [-0.05, 0) is 5.56 Å². The van der Waals surface area contributed by atoms with Gasteiger partial charge in [0.15, 0.2) is 12.4 Å². The van der Waals surface area contributed by atoms with E-state index in [9.17, 15) is 14.9 Å². The molecule has 0 radical (unpaired) electrons. The van der Waals surface area contributed by atoms with Gasteiger partial charge in [0, 0.05) is 12.1 Å². The summed E-state index contributed by atoms with van der Waals surface area (Å²) in [4.78, 5) is 24.4. The first kappa shape index (κ1) is 14.0. The Labute approximate surface area is 127 Å². The van der Waals surface area contributed by atoms with E-state index in [1.165, 1.54) is 0 Å². The van der Waals surface area contributed by atoms with Crippen LogP contribution in [0.3, 0.4) is 0 Å². The SMILES string of the molecule is N#C[C@@H]1C(=O)NC(=O)[C@H]([n+]2ccccc2)[C@@H]1c1ccccc1. The minimum absolute atomic E-state index is 0.387. The van der Waals surface area contributed by atoms with Crippen molar-refractivity contribution in [1.29, 1.82) is 5.26 Å². The number of imide groups is 1. The van der Waals surface area contributed by atoms with Crippen molar-refractivity contribution in [1.82, 2.24) is 5.32 Å². The standard InChI is InChI=1S/C17H13N3O2/c18-11-13-14(12-7-3-1-4-8-12)15(17(22)19-16(13)21)20-9-5-2-6-10-20/h1-10,13-15H/p+1/t13-,14+,15+/m0/s1. The topological polar surface area (TPSA) is 73.8 Å². The molecule has 0 bridgehead atoms. The summed E-state index contributed by atoms with van der Waals surface area (Å²) >= 11 is 0. The lowest BCUT2D eigenvalue weighted by Crippen LogP contribution is -2.59. The number of nitrogens with one attached hydrogen (secondary N) is 1. The number of rotatable bonds is 2. The van der Waals surface area contributed by atoms with Crippen LogP contribution >= 0.6 is 0 Å². The summed E-state index contributed by atoms with van der Waals surface area (Å²) in [6.07, 6.45) is 3.54. The van der Waals surface area contributed by atoms with E-state index in [0.29, 0.717) is 0 Å². The van der Waals surface area contributed by atoms with E-state index in [4.69, 9.17) is 0 Å². The van der Waals surface area contributed by atoms with Crippen LogP contribution in [0.5, 0.6) is 0 Å². The highest BCUT2D eigenvalue weighted by Crippen LogP contribution is 2.35. The maximum absolute atomic E-state index is 12.4. The smallest absolute Gasteiger partial charge is 0.289 e. The second kappa shape index (κ2) is 5.78. The van der Waals surface area contributed by atoms with Gasteiger partial charge in [-0.2, -0.15) is 9.83 Å². The maximum Gasteiger partial charge on any atom is 0.296 e. The molecular weight excluding hydrogens is 278 g/mol. The number of amides is 2. The number of hydrogen-bond donors (Lipinski definition) is 1. The van der Waals surface area contributed by atoms with Gasteiger partial charge in [0.1, 0.15) is 5.92 Å². The van der Waals surface area contributed by atoms with E-state index in [1.54, 1.807) is 17.0 Å². The number of carbonyl (C=O) groups is 2. The van der Waals surface area contributed by atoms with Gasteiger partial charge in [-0.15, -0.1) is 0 Å². The van der Waals surface area contributed by atoms with Crippen LogP contribution in [0.25, 0.3) is 0 Å². The van der Waals surface area contributed by atoms with Crippen LogP contribution in [0.15, 0.2) is 60.9 Å². The molecule has 1 N–H and O–H groups in total. The molecule has 2 aromatic rings. The number of benzene rings is 1. The summed E-state index contributed by atoms with van der Waals surface area (Å²) < 4.78 is 1.74. The first-order chi connectivity index (χ1) is 10.7. The summed E-state index contributed by atoms with van der Waals surface area (Å²) in [7, 11) is 0. The van der Waals surface area contributed by atoms with Gasteiger partial charge in [-0.3, -0.25) is 14.9 Å². The lowest BCUT2D eigenvalue weighted by Gasteiger charge is -2.29. The summed E-state index contributed by atoms with van der Waals surface area (Å²) in [5, 5.41) is 11.7. The van der Waals surface area contributed by atoms with Crippen molar-refractivity contribution in [2.45, 2.75) is 12.0 Å². The first-order valence-corrected chi connectivity index (χ1v) is 6.97. The number of piperidine rings is 1. The van der Waals surface area contributed by atoms with E-state index >= 15 is 0 Å². The van der Waals surface area contributed by atoms with E-state index < -0.39 is 23.8 Å². The van der Waals surface area contributed by atoms with Gasteiger partial charge < -0.3 is 0 Å². The molecule has 1 aromatic heterocycles. The fourth-order valence-corrected chi connectivity index (χ4v) is 2.89. The summed E-state index contributed by atoms with van der Waals surface area (Å²) in [6.45, 7) is 0. The van der Waals surface area contributed by atoms with Crippen LogP contribution in [-0.4, -0.2) is 11.8 Å². The molecule has 1 saturated heterocycles. The van der Waals surface area contributed by atoms with Crippen molar-refractivity contribution >= 4 is 11.8 Å². The lowest BCUT2D eigenvalue weighted by molar-refractivity contribution is -0.713. The number of pyridine rings is 1. The molecule has 5 heteroatoms. The molecule has 1 aromatic carbocycles. The predicted octanol–water partition coefficient (Wildman–Crippen LogP) is 1.10. The van der Waals surface area contributed by atoms with Crippen molar-refractivity contribution in [2.24, 2.45) is 5.92 Å². The number of hydrogen-bond acceptors (Lipinski definition) is 3. The highest BCUT2D eigenvalue weighted by Gasteiger charge is 2.50. The van der Waals surface area contributed by atoms with Crippen LogP contribution in [-0.2, 0) is 9.59 Å². The Morgan fingerprint density at radius 2 is 1.59 bits per heavy atom. The fourth-order valence-electron chi connectivity index (χ4n) is 2.89. The molecule has 0 unspecified atom stereocenters. The Bertz CT molecular complexity index is 738. The molecular formula is C17H14N3O2+. The number of carbonyl (C=O) groups excluding carboxylic acids is 2. The van der Waals surface area contributed by atoms with E-state index in [0.717, 1.165) is 5.56 Å². The minimum Gasteiger partial charge on any atom is -0.289 e. The Hall–Kier alpha value is -3.00. The average molecular weight is 292 g/mol. The number of nitriles is 1. The molecule has 1 fully saturated rings. The van der Waals surface area contributed by atoms with Gasteiger partial charge in [-0.25, -0.2) is 0 Å². The third-order valence-corrected chi connectivity index (χ3v) is 3.88. The molecule has 108 valence electrons. The molecule has 3 atom stereocenters. The molecule has 1 aliphatic heterocycles. The molecule has 3 rings (SSSR count). The van der Waals surface area contributed by atoms with Crippen molar-refractivity contribution in [3.05, 3.63) is 66.5 Å². The van der Waals surface area contributed by atoms with Crippen LogP contribution in [0.2, 0.25) is 0 Å². The van der Waals surface area contributed by atoms with E-state index in [-0.39, 0.29) is 5.91 Å². The fraction of sp³-hybridized carbons (Fsp3) is 0.176. The maximum atomic E-state index is 12.4. The van der Waals surface area contributed by atoms with Crippen LogP contribution in [0.1, 0.15) is 17.5 Å². The molecule has 2 amide bonds. The van der Waals surface area contributed by atoms with Crippen LogP contribution in [0.4, 0.5) is 0 Å². The highest BCUT2D eigenvalue weighted by atomic mass is 16.2. The second-order valence-electron chi connectivity index (χ2n) is 5.16.